The lowest BCUT2D eigenvalue weighted by Crippen LogP contribution is -2.09. The molecule has 5 heteroatoms. The van der Waals surface area contributed by atoms with Crippen LogP contribution >= 0.6 is 11.8 Å². The van der Waals surface area contributed by atoms with Crippen LogP contribution in [0.2, 0.25) is 0 Å². The van der Waals surface area contributed by atoms with E-state index in [0.29, 0.717) is 5.17 Å². The molecule has 0 saturated carbocycles. The molecule has 1 N–H and O–H groups in total. The van der Waals surface area contributed by atoms with Crippen molar-refractivity contribution in [3.63, 3.8) is 0 Å². The molecule has 84 valence electrons. The molecule has 4 nitrogen and oxygen atoms in total. The van der Waals surface area contributed by atoms with E-state index in [2.05, 4.69) is 46.9 Å². The first-order valence-corrected chi connectivity index (χ1v) is 5.98. The van der Waals surface area contributed by atoms with Crippen molar-refractivity contribution in [3.8, 4) is 0 Å². The molecule has 16 heavy (non-hydrogen) atoms. The minimum Gasteiger partial charge on any atom is -0.257 e. The summed E-state index contributed by atoms with van der Waals surface area (Å²) < 4.78 is 0. The fraction of sp³-hybridized carbons (Fsp3) is 0.364. The van der Waals surface area contributed by atoms with Gasteiger partial charge in [-0.3, -0.25) is 4.99 Å². The largest absolute Gasteiger partial charge is 0.257 e. The molecule has 0 aliphatic carbocycles. The summed E-state index contributed by atoms with van der Waals surface area (Å²) in [6.45, 7) is 4.10. The minimum absolute atomic E-state index is 0.164. The van der Waals surface area contributed by atoms with Gasteiger partial charge in [-0.2, -0.15) is 0 Å². The van der Waals surface area contributed by atoms with Crippen LogP contribution in [0.4, 0.5) is 0 Å². The maximum Gasteiger partial charge on any atom is 0.180 e. The normalized spacial score (nSPS) is 24.0. The monoisotopic (exact) mass is 235 g/mol. The van der Waals surface area contributed by atoms with E-state index >= 15 is 0 Å². The van der Waals surface area contributed by atoms with Crippen molar-refractivity contribution in [1.82, 2.24) is 5.43 Å². The minimum atomic E-state index is 0.164. The smallest absolute Gasteiger partial charge is 0.180 e. The Morgan fingerprint density at radius 2 is 2.06 bits per heavy atom. The van der Waals surface area contributed by atoms with E-state index in [4.69, 9.17) is 0 Å². The van der Waals surface area contributed by atoms with Gasteiger partial charge in [-0.1, -0.05) is 41.6 Å². The second-order valence-electron chi connectivity index (χ2n) is 3.83. The lowest BCUT2D eigenvalue weighted by molar-refractivity contribution is 0.736. The Hall–Kier alpha value is -1.36. The van der Waals surface area contributed by atoms with Gasteiger partial charge in [0.2, 0.25) is 0 Å². The summed E-state index contributed by atoms with van der Waals surface area (Å²) in [5.74, 6) is 0. The Morgan fingerprint density at radius 1 is 1.38 bits per heavy atom. The Bertz CT molecular complexity index is 416. The third kappa shape index (κ3) is 2.24. The highest BCUT2D eigenvalue weighted by Gasteiger charge is 2.28. The average Bonchev–Trinajstić information content (AvgIpc) is 2.61. The van der Waals surface area contributed by atoms with Gasteiger partial charge >= 0.3 is 0 Å². The lowest BCUT2D eigenvalue weighted by atomic mass is 10.1. The number of benzene rings is 1. The summed E-state index contributed by atoms with van der Waals surface area (Å²) in [6, 6.07) is 8.56. The molecule has 0 unspecified atom stereocenters. The number of hydrogen-bond donors (Lipinski definition) is 1. The van der Waals surface area contributed by atoms with E-state index < -0.39 is 0 Å². The predicted molar refractivity (Wildman–Crippen MR) is 67.3 cm³/mol. The van der Waals surface area contributed by atoms with Gasteiger partial charge in [0.15, 0.2) is 5.17 Å². The molecular formula is C11H13N3OS. The maximum absolute atomic E-state index is 10.1. The van der Waals surface area contributed by atoms with Crippen LogP contribution in [0, 0.1) is 11.8 Å². The van der Waals surface area contributed by atoms with Gasteiger partial charge in [-0.15, -0.1) is 4.91 Å². The highest BCUT2D eigenvalue weighted by atomic mass is 32.2. The zero-order valence-corrected chi connectivity index (χ0v) is 9.99. The predicted octanol–water partition coefficient (Wildman–Crippen LogP) is 2.80. The summed E-state index contributed by atoms with van der Waals surface area (Å²) in [7, 11) is 0. The van der Waals surface area contributed by atoms with Crippen LogP contribution in [0.3, 0.4) is 0 Å². The van der Waals surface area contributed by atoms with Crippen molar-refractivity contribution < 1.29 is 0 Å². The van der Waals surface area contributed by atoms with Gasteiger partial charge < -0.3 is 0 Å². The van der Waals surface area contributed by atoms with E-state index in [1.54, 1.807) is 11.8 Å². The first kappa shape index (κ1) is 11.1. The summed E-state index contributed by atoms with van der Waals surface area (Å²) in [5, 5.41) is 3.52. The molecule has 2 atom stereocenters. The van der Waals surface area contributed by atoms with Gasteiger partial charge in [0.1, 0.15) is 0 Å². The lowest BCUT2D eigenvalue weighted by Gasteiger charge is -2.13. The molecule has 1 aromatic rings. The molecule has 1 aliphatic heterocycles. The average molecular weight is 235 g/mol. The fourth-order valence-corrected chi connectivity index (χ4v) is 2.81. The van der Waals surface area contributed by atoms with Crippen LogP contribution in [0.5, 0.6) is 0 Å². The van der Waals surface area contributed by atoms with Crippen molar-refractivity contribution in [2.75, 3.05) is 0 Å². The standard InChI is InChI=1S/C11H13N3OS/c1-7-3-5-9(6-4-7)10-8(2)12-11(16-10)13-14-15/h3-6,8,10H,1-2H3,(H,12,13,15)/t8-,10+/m0/s1. The van der Waals surface area contributed by atoms with Crippen molar-refractivity contribution in [2.24, 2.45) is 10.3 Å². The molecule has 0 radical (unpaired) electrons. The van der Waals surface area contributed by atoms with E-state index in [-0.39, 0.29) is 11.3 Å². The Labute approximate surface area is 98.5 Å². The van der Waals surface area contributed by atoms with Crippen molar-refractivity contribution in [3.05, 3.63) is 40.3 Å². The highest BCUT2D eigenvalue weighted by Crippen LogP contribution is 2.39. The molecule has 0 bridgehead atoms. The SMILES string of the molecule is Cc1ccc([C@@H]2SC(NN=O)=N[C@H]2C)cc1. The number of hydrogen-bond acceptors (Lipinski definition) is 4. The number of nitroso groups, excluding NO2 is 1. The Morgan fingerprint density at radius 3 is 2.69 bits per heavy atom. The van der Waals surface area contributed by atoms with Crippen LogP contribution in [0.1, 0.15) is 23.3 Å². The maximum atomic E-state index is 10.1. The third-order valence-corrected chi connectivity index (χ3v) is 3.88. The molecular weight excluding hydrogens is 222 g/mol. The van der Waals surface area contributed by atoms with Gasteiger partial charge in [-0.05, 0) is 19.4 Å². The van der Waals surface area contributed by atoms with E-state index in [1.807, 2.05) is 6.92 Å². The van der Waals surface area contributed by atoms with E-state index in [9.17, 15) is 4.91 Å². The second kappa shape index (κ2) is 4.65. The molecule has 0 saturated heterocycles. The number of nitrogens with one attached hydrogen (secondary N) is 1. The van der Waals surface area contributed by atoms with Gasteiger partial charge in [0.25, 0.3) is 0 Å². The van der Waals surface area contributed by atoms with Crippen molar-refractivity contribution >= 4 is 16.9 Å². The van der Waals surface area contributed by atoms with E-state index in [0.717, 1.165) is 0 Å². The number of aliphatic imine (C=N–C) groups is 1. The van der Waals surface area contributed by atoms with Crippen LogP contribution in [0.15, 0.2) is 34.5 Å². The number of aryl methyl sites for hydroxylation is 1. The topological polar surface area (TPSA) is 53.8 Å². The first-order chi connectivity index (χ1) is 7.70. The number of nitrogens with zero attached hydrogens (tertiary/aromatic N) is 2. The van der Waals surface area contributed by atoms with Crippen molar-refractivity contribution in [2.45, 2.75) is 25.1 Å². The number of amidine groups is 1. The molecule has 2 rings (SSSR count). The van der Waals surface area contributed by atoms with E-state index in [1.165, 1.54) is 11.1 Å². The van der Waals surface area contributed by atoms with Crippen LogP contribution in [0.25, 0.3) is 0 Å². The summed E-state index contributed by atoms with van der Waals surface area (Å²) >= 11 is 1.55. The van der Waals surface area contributed by atoms with Crippen molar-refractivity contribution in [1.29, 1.82) is 0 Å². The summed E-state index contributed by atoms with van der Waals surface area (Å²) in [6.07, 6.45) is 0. The van der Waals surface area contributed by atoms with Gasteiger partial charge in [-0.25, -0.2) is 5.43 Å². The molecule has 0 fully saturated rings. The Balaban J connectivity index is 2.13. The molecule has 0 aromatic heterocycles. The first-order valence-electron chi connectivity index (χ1n) is 5.10. The summed E-state index contributed by atoms with van der Waals surface area (Å²) in [5.41, 5.74) is 4.84. The Kier molecular flexibility index (Phi) is 3.24. The molecule has 0 spiro atoms. The van der Waals surface area contributed by atoms with Gasteiger partial charge in [0, 0.05) is 0 Å². The zero-order chi connectivity index (χ0) is 11.5. The van der Waals surface area contributed by atoms with Gasteiger partial charge in [0.05, 0.1) is 16.6 Å². The third-order valence-electron chi connectivity index (χ3n) is 2.54. The quantitative estimate of drug-likeness (QED) is 0.633. The molecule has 1 heterocycles. The number of rotatable bonds is 2. The molecule has 1 aliphatic rings. The molecule has 0 amide bonds. The van der Waals surface area contributed by atoms with Crippen LogP contribution in [-0.2, 0) is 0 Å². The number of thioether (sulfide) groups is 1. The van der Waals surface area contributed by atoms with Crippen LogP contribution in [-0.4, -0.2) is 11.2 Å². The zero-order valence-electron chi connectivity index (χ0n) is 9.18. The fourth-order valence-electron chi connectivity index (χ4n) is 1.70. The summed E-state index contributed by atoms with van der Waals surface area (Å²) in [4.78, 5) is 14.4. The molecule has 1 aromatic carbocycles. The highest BCUT2D eigenvalue weighted by molar-refractivity contribution is 8.14. The van der Waals surface area contributed by atoms with Crippen LogP contribution < -0.4 is 5.43 Å². The second-order valence-corrected chi connectivity index (χ2v) is 4.96.